The van der Waals surface area contributed by atoms with E-state index in [4.69, 9.17) is 18.9 Å². The number of allylic oxidation sites excluding steroid dienone is 6. The van der Waals surface area contributed by atoms with Gasteiger partial charge in [0.15, 0.2) is 5.71 Å². The summed E-state index contributed by atoms with van der Waals surface area (Å²) < 4.78 is 161. The Morgan fingerprint density at radius 2 is 1.31 bits per heavy atom. The van der Waals surface area contributed by atoms with Crippen LogP contribution in [-0.2, 0) is 75.0 Å². The fourth-order valence-electron chi connectivity index (χ4n) is 8.44. The molecule has 2 aromatic carbocycles. The summed E-state index contributed by atoms with van der Waals surface area (Å²) in [5.41, 5.74) is 1.13. The van der Waals surface area contributed by atoms with E-state index in [2.05, 4.69) is 0 Å². The van der Waals surface area contributed by atoms with Crippen molar-refractivity contribution < 1.29 is 85.3 Å². The van der Waals surface area contributed by atoms with Crippen LogP contribution in [0.25, 0.3) is 0 Å². The van der Waals surface area contributed by atoms with Crippen LogP contribution in [0.15, 0.2) is 82.3 Å². The first-order chi connectivity index (χ1) is 31.8. The predicted molar refractivity (Wildman–Crippen MR) is 251 cm³/mol. The van der Waals surface area contributed by atoms with Gasteiger partial charge in [0.25, 0.3) is 30.4 Å². The molecule has 0 amide bonds. The summed E-state index contributed by atoms with van der Waals surface area (Å²) in [5.74, 6) is -2.15. The van der Waals surface area contributed by atoms with E-state index in [0.29, 0.717) is 86.9 Å². The first-order valence-corrected chi connectivity index (χ1v) is 27.9. The van der Waals surface area contributed by atoms with Gasteiger partial charge in [-0.2, -0.15) is 29.8 Å². The Bertz CT molecular complexity index is 2660. The molecule has 2 aromatic rings. The predicted octanol–water partition coefficient (Wildman–Crippen LogP) is 4.65. The molecule has 0 fully saturated rings. The minimum Gasteiger partial charge on any atom is -0.744 e. The van der Waals surface area contributed by atoms with Gasteiger partial charge in [0.1, 0.15) is 16.7 Å². The molecule has 0 saturated carbocycles. The number of carboxylic acids is 1. The lowest BCUT2D eigenvalue weighted by Gasteiger charge is -2.30. The highest BCUT2D eigenvalue weighted by atomic mass is 32.2. The fraction of sp³-hybridized carbons (Fsp3) is 0.545. The van der Waals surface area contributed by atoms with Crippen LogP contribution in [0.3, 0.4) is 0 Å². The second kappa shape index (κ2) is 24.8. The van der Waals surface area contributed by atoms with Gasteiger partial charge < -0.3 is 33.5 Å². The van der Waals surface area contributed by atoms with Gasteiger partial charge in [-0.15, -0.1) is 0 Å². The first-order valence-electron chi connectivity index (χ1n) is 21.9. The molecule has 0 aromatic heterocycles. The molecule has 0 radical (unpaired) electrons. The highest BCUT2D eigenvalue weighted by molar-refractivity contribution is 7.86. The lowest BCUT2D eigenvalue weighted by atomic mass is 9.76. The smallest absolute Gasteiger partial charge is 0.303 e. The minimum atomic E-state index is -4.95. The number of hydrogen-bond acceptors (Lipinski definition) is 15. The van der Waals surface area contributed by atoms with Crippen LogP contribution in [0, 0.1) is 0 Å². The van der Waals surface area contributed by atoms with Gasteiger partial charge in [0.05, 0.1) is 66.4 Å². The monoisotopic (exact) mass is 1030 g/mol. The molecule has 0 saturated heterocycles. The number of carbonyl (C=O) groups is 1. The molecule has 2 aliphatic rings. The number of carboxylic acid groups (broad SMARTS) is 1. The van der Waals surface area contributed by atoms with Crippen molar-refractivity contribution in [3.8, 4) is 0 Å². The maximum Gasteiger partial charge on any atom is 0.303 e. The topological polar surface area (TPSA) is 301 Å². The number of methoxy groups -OCH3 is 1. The molecule has 2 atom stereocenters. The molecule has 2 aliphatic heterocycles. The van der Waals surface area contributed by atoms with E-state index in [-0.39, 0.29) is 56.9 Å². The molecular weight excluding hydrogens is 973 g/mol. The zero-order valence-electron chi connectivity index (χ0n) is 38.3. The number of nitrogens with zero attached hydrogens (tertiary/aromatic N) is 2. The van der Waals surface area contributed by atoms with Crippen molar-refractivity contribution in [1.29, 1.82) is 0 Å². The molecule has 68 heavy (non-hydrogen) atoms. The third-order valence-corrected chi connectivity index (χ3v) is 15.1. The fourth-order valence-corrected chi connectivity index (χ4v) is 10.4. The summed E-state index contributed by atoms with van der Waals surface area (Å²) in [5, 5.41) is 9.20. The van der Waals surface area contributed by atoms with Gasteiger partial charge in [0, 0.05) is 67.6 Å². The Balaban J connectivity index is 1.75. The quantitative estimate of drug-likeness (QED) is 0.0346. The Labute approximate surface area is 399 Å². The highest BCUT2D eigenvalue weighted by Crippen LogP contribution is 2.51. The van der Waals surface area contributed by atoms with E-state index in [1.54, 1.807) is 49.0 Å². The second-order valence-electron chi connectivity index (χ2n) is 16.7. The molecular formula is C44H62N2O18S4. The molecule has 0 bridgehead atoms. The lowest BCUT2D eigenvalue weighted by molar-refractivity contribution is -0.437. The molecule has 4 rings (SSSR count). The number of hydrogen-bond donors (Lipinski definition) is 4. The molecule has 2 heterocycles. The summed E-state index contributed by atoms with van der Waals surface area (Å²) in [6, 6.07) is 8.05. The van der Waals surface area contributed by atoms with Crippen molar-refractivity contribution in [2.24, 2.45) is 0 Å². The SMILES string of the molecule is COCCOCCOCCOCCC1(C)C(=CC=CC=CC2=[N+](CCCS(=O)(=O)O)c3ccc(S(=O)(=O)[O-])cc3C2(C)CCCS(=O)(=O)O)N(CCCCCC(=O)O)c2ccc(S(=O)(=O)O)cc21. The van der Waals surface area contributed by atoms with Crippen molar-refractivity contribution in [2.45, 2.75) is 85.8 Å². The van der Waals surface area contributed by atoms with E-state index in [0.717, 1.165) is 11.8 Å². The van der Waals surface area contributed by atoms with Crippen LogP contribution in [-0.4, -0.2) is 151 Å². The van der Waals surface area contributed by atoms with Crippen molar-refractivity contribution in [2.75, 3.05) is 82.9 Å². The van der Waals surface area contributed by atoms with E-state index in [9.17, 15) is 61.8 Å². The van der Waals surface area contributed by atoms with Gasteiger partial charge in [-0.05, 0) is 87.9 Å². The average molecular weight is 1040 g/mol. The number of benzene rings is 2. The standard InChI is InChI=1S/C44H62N2O18S4/c1-43(19-10-30-65(49,50)51)36-32-34(67(55,56)57)15-17-38(36)46(22-11-31-66(52,53)54)40(43)12-6-4-7-13-41-44(2,20-23-62-26-27-64-29-28-63-25-24-61-3)37-33-35(68(58,59)60)16-18-39(37)45(41)21-9-5-8-14-42(47)48/h4,6-7,12-13,15-18,32-33H,5,8-11,14,19-31H2,1-3H3,(H4-,47,48,49,50,51,52,53,54,55,56,57,58,59,60). The van der Waals surface area contributed by atoms with Crippen molar-refractivity contribution >= 4 is 63.5 Å². The van der Waals surface area contributed by atoms with Crippen molar-refractivity contribution in [3.63, 3.8) is 0 Å². The van der Waals surface area contributed by atoms with Gasteiger partial charge in [0.2, 0.25) is 5.69 Å². The molecule has 2 unspecified atom stereocenters. The maximum absolute atomic E-state index is 12.4. The average Bonchev–Trinajstić information content (AvgIpc) is 3.60. The third kappa shape index (κ3) is 16.3. The van der Waals surface area contributed by atoms with Gasteiger partial charge in [-0.3, -0.25) is 18.5 Å². The maximum atomic E-state index is 12.4. The molecule has 20 nitrogen and oxygen atoms in total. The largest absolute Gasteiger partial charge is 0.744 e. The normalized spacial score (nSPS) is 19.5. The molecule has 4 N–H and O–H groups in total. The van der Waals surface area contributed by atoms with Crippen molar-refractivity contribution in [1.82, 2.24) is 0 Å². The van der Waals surface area contributed by atoms with Gasteiger partial charge in [-0.25, -0.2) is 8.42 Å². The molecule has 0 aliphatic carbocycles. The van der Waals surface area contributed by atoms with Crippen LogP contribution in [0.4, 0.5) is 11.4 Å². The minimum absolute atomic E-state index is 0.00132. The summed E-state index contributed by atoms with van der Waals surface area (Å²) >= 11 is 0. The summed E-state index contributed by atoms with van der Waals surface area (Å²) in [7, 11) is -16.8. The molecule has 24 heteroatoms. The summed E-state index contributed by atoms with van der Waals surface area (Å²) in [6.45, 7) is 6.42. The zero-order chi connectivity index (χ0) is 50.4. The number of rotatable bonds is 31. The number of anilines is 1. The van der Waals surface area contributed by atoms with Crippen LogP contribution >= 0.6 is 0 Å². The lowest BCUT2D eigenvalue weighted by Crippen LogP contribution is -2.32. The number of fused-ring (bicyclic) bond motifs is 2. The highest BCUT2D eigenvalue weighted by Gasteiger charge is 2.48. The molecule has 0 spiro atoms. The van der Waals surface area contributed by atoms with E-state index in [1.807, 2.05) is 17.9 Å². The Morgan fingerprint density at radius 1 is 0.706 bits per heavy atom. The number of ether oxygens (including phenoxy) is 4. The third-order valence-electron chi connectivity index (χ3n) is 11.8. The van der Waals surface area contributed by atoms with Gasteiger partial charge >= 0.3 is 5.97 Å². The summed E-state index contributed by atoms with van der Waals surface area (Å²) in [6.07, 6.45) is 10.3. The van der Waals surface area contributed by atoms with Crippen LogP contribution in [0.5, 0.6) is 0 Å². The number of unbranched alkanes of at least 4 members (excludes halogenated alkanes) is 2. The zero-order valence-corrected chi connectivity index (χ0v) is 41.6. The Hall–Kier alpha value is -3.92. The van der Waals surface area contributed by atoms with E-state index in [1.165, 1.54) is 24.3 Å². The van der Waals surface area contributed by atoms with Crippen LogP contribution < -0.4 is 4.90 Å². The molecule has 380 valence electrons. The van der Waals surface area contributed by atoms with E-state index < -0.39 is 73.7 Å². The van der Waals surface area contributed by atoms with Crippen LogP contribution in [0.2, 0.25) is 0 Å². The Morgan fingerprint density at radius 3 is 1.91 bits per heavy atom. The van der Waals surface area contributed by atoms with Gasteiger partial charge in [-0.1, -0.05) is 24.6 Å². The van der Waals surface area contributed by atoms with E-state index >= 15 is 0 Å². The first kappa shape index (κ1) is 56.7. The summed E-state index contributed by atoms with van der Waals surface area (Å²) in [4.78, 5) is 12.4. The van der Waals surface area contributed by atoms with Crippen LogP contribution in [0.1, 0.15) is 76.3 Å². The second-order valence-corrected chi connectivity index (χ2v) is 22.7. The number of aliphatic carboxylic acids is 1. The van der Waals surface area contributed by atoms with Crippen molar-refractivity contribution in [3.05, 3.63) is 83.6 Å². The Kier molecular flexibility index (Phi) is 20.6.